The standard InChI is InChI=1S/C15H21ClN2O/c1-4-18(10-12(2)3)11-15(19)17-9-13-6-5-7-14(16)8-13/h5-8H,2,4,9-11H2,1,3H3,(H,17,19). The van der Waals surface area contributed by atoms with Crippen molar-refractivity contribution in [1.29, 1.82) is 0 Å². The van der Waals surface area contributed by atoms with Gasteiger partial charge in [0.05, 0.1) is 6.54 Å². The molecule has 0 atom stereocenters. The summed E-state index contributed by atoms with van der Waals surface area (Å²) in [7, 11) is 0. The van der Waals surface area contributed by atoms with E-state index in [2.05, 4.69) is 16.8 Å². The van der Waals surface area contributed by atoms with E-state index in [1.807, 2.05) is 38.1 Å². The van der Waals surface area contributed by atoms with Crippen molar-refractivity contribution in [2.75, 3.05) is 19.6 Å². The minimum Gasteiger partial charge on any atom is -0.351 e. The molecule has 0 heterocycles. The SMILES string of the molecule is C=C(C)CN(CC)CC(=O)NCc1cccc(Cl)c1. The zero-order valence-corrected chi connectivity index (χ0v) is 12.3. The van der Waals surface area contributed by atoms with Crippen molar-refractivity contribution < 1.29 is 4.79 Å². The first kappa shape index (κ1) is 15.7. The molecule has 1 aromatic rings. The maximum absolute atomic E-state index is 11.8. The summed E-state index contributed by atoms with van der Waals surface area (Å²) in [5.41, 5.74) is 2.06. The zero-order valence-electron chi connectivity index (χ0n) is 11.6. The Morgan fingerprint density at radius 3 is 2.74 bits per heavy atom. The molecule has 3 nitrogen and oxygen atoms in total. The van der Waals surface area contributed by atoms with Crippen molar-refractivity contribution in [2.24, 2.45) is 0 Å². The van der Waals surface area contributed by atoms with E-state index in [0.29, 0.717) is 18.1 Å². The highest BCUT2D eigenvalue weighted by Gasteiger charge is 2.08. The summed E-state index contributed by atoms with van der Waals surface area (Å²) in [6.45, 7) is 10.3. The van der Waals surface area contributed by atoms with Crippen LogP contribution in [0.1, 0.15) is 19.4 Å². The number of likely N-dealkylation sites (N-methyl/N-ethyl adjacent to an activating group) is 1. The number of carbonyl (C=O) groups is 1. The van der Waals surface area contributed by atoms with E-state index >= 15 is 0 Å². The minimum absolute atomic E-state index is 0.0167. The van der Waals surface area contributed by atoms with Crippen LogP contribution in [0.25, 0.3) is 0 Å². The van der Waals surface area contributed by atoms with Crippen LogP contribution in [-0.4, -0.2) is 30.4 Å². The molecule has 0 aliphatic carbocycles. The summed E-state index contributed by atoms with van der Waals surface area (Å²) in [6, 6.07) is 7.49. The summed E-state index contributed by atoms with van der Waals surface area (Å²) in [5, 5.41) is 3.58. The van der Waals surface area contributed by atoms with Crippen LogP contribution < -0.4 is 5.32 Å². The highest BCUT2D eigenvalue weighted by molar-refractivity contribution is 6.30. The Morgan fingerprint density at radius 1 is 1.42 bits per heavy atom. The van der Waals surface area contributed by atoms with Crippen molar-refractivity contribution in [3.8, 4) is 0 Å². The van der Waals surface area contributed by atoms with Crippen LogP contribution in [0.4, 0.5) is 0 Å². The normalized spacial score (nSPS) is 10.5. The molecule has 1 aromatic carbocycles. The molecule has 0 saturated carbocycles. The first-order valence-corrected chi connectivity index (χ1v) is 6.77. The Hall–Kier alpha value is -1.32. The van der Waals surface area contributed by atoms with Gasteiger partial charge in [0.2, 0.25) is 5.91 Å². The molecule has 0 unspecified atom stereocenters. The molecule has 1 rings (SSSR count). The van der Waals surface area contributed by atoms with Gasteiger partial charge in [-0.3, -0.25) is 9.69 Å². The number of hydrogen-bond donors (Lipinski definition) is 1. The number of nitrogens with one attached hydrogen (secondary N) is 1. The lowest BCUT2D eigenvalue weighted by Crippen LogP contribution is -2.37. The van der Waals surface area contributed by atoms with Crippen molar-refractivity contribution in [2.45, 2.75) is 20.4 Å². The molecule has 0 radical (unpaired) electrons. The van der Waals surface area contributed by atoms with E-state index in [-0.39, 0.29) is 5.91 Å². The lowest BCUT2D eigenvalue weighted by molar-refractivity contribution is -0.122. The van der Waals surface area contributed by atoms with Crippen molar-refractivity contribution in [1.82, 2.24) is 10.2 Å². The minimum atomic E-state index is 0.0167. The number of nitrogens with zero attached hydrogens (tertiary/aromatic N) is 1. The Morgan fingerprint density at radius 2 is 2.16 bits per heavy atom. The first-order chi connectivity index (χ1) is 9.01. The molecule has 1 N–H and O–H groups in total. The molecule has 0 aliphatic heterocycles. The van der Waals surface area contributed by atoms with Gasteiger partial charge >= 0.3 is 0 Å². The molecule has 0 spiro atoms. The van der Waals surface area contributed by atoms with Crippen LogP contribution in [0.2, 0.25) is 5.02 Å². The van der Waals surface area contributed by atoms with Crippen LogP contribution in [0, 0.1) is 0 Å². The Labute approximate surface area is 120 Å². The predicted molar refractivity (Wildman–Crippen MR) is 80.2 cm³/mol. The molecule has 0 saturated heterocycles. The second-order valence-corrected chi connectivity index (χ2v) is 5.10. The summed E-state index contributed by atoms with van der Waals surface area (Å²) >= 11 is 5.89. The van der Waals surface area contributed by atoms with Gasteiger partial charge in [-0.25, -0.2) is 0 Å². The monoisotopic (exact) mass is 280 g/mol. The maximum atomic E-state index is 11.8. The molecule has 0 fully saturated rings. The number of carbonyl (C=O) groups excluding carboxylic acids is 1. The number of rotatable bonds is 7. The zero-order chi connectivity index (χ0) is 14.3. The van der Waals surface area contributed by atoms with Crippen LogP contribution >= 0.6 is 11.6 Å². The third-order valence-electron chi connectivity index (χ3n) is 2.69. The molecule has 0 bridgehead atoms. The van der Waals surface area contributed by atoms with Gasteiger partial charge in [0.1, 0.15) is 0 Å². The Bertz CT molecular complexity index is 446. The summed E-state index contributed by atoms with van der Waals surface area (Å²) in [6.07, 6.45) is 0. The van der Waals surface area contributed by atoms with Crippen molar-refractivity contribution in [3.05, 3.63) is 47.0 Å². The quantitative estimate of drug-likeness (QED) is 0.779. The van der Waals surface area contributed by atoms with Crippen LogP contribution in [0.15, 0.2) is 36.4 Å². The van der Waals surface area contributed by atoms with E-state index in [1.165, 1.54) is 0 Å². The Kier molecular flexibility index (Phi) is 6.60. The van der Waals surface area contributed by atoms with E-state index in [1.54, 1.807) is 0 Å². The average Bonchev–Trinajstić information content (AvgIpc) is 2.35. The van der Waals surface area contributed by atoms with Crippen LogP contribution in [0.3, 0.4) is 0 Å². The van der Waals surface area contributed by atoms with Gasteiger partial charge in [0.25, 0.3) is 0 Å². The molecule has 19 heavy (non-hydrogen) atoms. The smallest absolute Gasteiger partial charge is 0.234 e. The van der Waals surface area contributed by atoms with Gasteiger partial charge in [0, 0.05) is 18.1 Å². The second-order valence-electron chi connectivity index (χ2n) is 4.67. The predicted octanol–water partition coefficient (Wildman–Crippen LogP) is 2.85. The Balaban J connectivity index is 2.40. The van der Waals surface area contributed by atoms with Gasteiger partial charge in [-0.15, -0.1) is 0 Å². The van der Waals surface area contributed by atoms with E-state index in [4.69, 9.17) is 11.6 Å². The summed E-state index contributed by atoms with van der Waals surface area (Å²) in [4.78, 5) is 13.9. The van der Waals surface area contributed by atoms with Gasteiger partial charge in [-0.1, -0.05) is 42.8 Å². The number of amides is 1. The van der Waals surface area contributed by atoms with E-state index in [0.717, 1.165) is 24.2 Å². The lowest BCUT2D eigenvalue weighted by Gasteiger charge is -2.19. The third kappa shape index (κ3) is 6.41. The fourth-order valence-electron chi connectivity index (χ4n) is 1.77. The second kappa shape index (κ2) is 7.97. The topological polar surface area (TPSA) is 32.3 Å². The van der Waals surface area contributed by atoms with Crippen molar-refractivity contribution in [3.63, 3.8) is 0 Å². The fourth-order valence-corrected chi connectivity index (χ4v) is 1.98. The van der Waals surface area contributed by atoms with Crippen molar-refractivity contribution >= 4 is 17.5 Å². The van der Waals surface area contributed by atoms with Crippen LogP contribution in [-0.2, 0) is 11.3 Å². The van der Waals surface area contributed by atoms with Gasteiger partial charge in [-0.2, -0.15) is 0 Å². The van der Waals surface area contributed by atoms with Crippen LogP contribution in [0.5, 0.6) is 0 Å². The number of halogens is 1. The molecular weight excluding hydrogens is 260 g/mol. The highest BCUT2D eigenvalue weighted by Crippen LogP contribution is 2.10. The highest BCUT2D eigenvalue weighted by atomic mass is 35.5. The molecule has 104 valence electrons. The fraction of sp³-hybridized carbons (Fsp3) is 0.400. The largest absolute Gasteiger partial charge is 0.351 e. The van der Waals surface area contributed by atoms with Gasteiger partial charge in [-0.05, 0) is 31.2 Å². The van der Waals surface area contributed by atoms with Gasteiger partial charge in [0.15, 0.2) is 0 Å². The molecule has 0 aliphatic rings. The van der Waals surface area contributed by atoms with Gasteiger partial charge < -0.3 is 5.32 Å². The average molecular weight is 281 g/mol. The molecule has 0 aromatic heterocycles. The number of benzene rings is 1. The van der Waals surface area contributed by atoms with E-state index in [9.17, 15) is 4.79 Å². The first-order valence-electron chi connectivity index (χ1n) is 6.39. The number of hydrogen-bond acceptors (Lipinski definition) is 2. The summed E-state index contributed by atoms with van der Waals surface area (Å²) in [5.74, 6) is 0.0167. The maximum Gasteiger partial charge on any atom is 0.234 e. The molecule has 4 heteroatoms. The molecular formula is C15H21ClN2O. The van der Waals surface area contributed by atoms with E-state index < -0.39 is 0 Å². The lowest BCUT2D eigenvalue weighted by atomic mass is 10.2. The molecule has 1 amide bonds. The third-order valence-corrected chi connectivity index (χ3v) is 2.92. The summed E-state index contributed by atoms with van der Waals surface area (Å²) < 4.78 is 0.